The van der Waals surface area contributed by atoms with Gasteiger partial charge in [0.1, 0.15) is 0 Å². The molecule has 23 heavy (non-hydrogen) atoms. The van der Waals surface area contributed by atoms with Crippen molar-refractivity contribution < 1.29 is 4.21 Å². The van der Waals surface area contributed by atoms with E-state index in [1.807, 2.05) is 73.7 Å². The Balaban J connectivity index is 2.17. The molecule has 4 heteroatoms. The van der Waals surface area contributed by atoms with E-state index in [4.69, 9.17) is 11.6 Å². The van der Waals surface area contributed by atoms with Crippen molar-refractivity contribution in [2.24, 2.45) is 0 Å². The molecule has 0 unspecified atom stereocenters. The summed E-state index contributed by atoms with van der Waals surface area (Å²) < 4.78 is 14.1. The van der Waals surface area contributed by atoms with Gasteiger partial charge in [0.2, 0.25) is 0 Å². The minimum atomic E-state index is -1.27. The van der Waals surface area contributed by atoms with E-state index in [2.05, 4.69) is 22.6 Å². The highest BCUT2D eigenvalue weighted by Gasteiger charge is 2.17. The van der Waals surface area contributed by atoms with Crippen LogP contribution in [-0.4, -0.2) is 4.21 Å². The lowest BCUT2D eigenvalue weighted by Crippen LogP contribution is -1.98. The van der Waals surface area contributed by atoms with Gasteiger partial charge in [0.15, 0.2) is 0 Å². The second kappa shape index (κ2) is 7.16. The molecule has 0 N–H and O–H groups in total. The van der Waals surface area contributed by atoms with Gasteiger partial charge in [-0.3, -0.25) is 0 Å². The van der Waals surface area contributed by atoms with E-state index in [1.165, 1.54) is 0 Å². The van der Waals surface area contributed by atoms with Gasteiger partial charge in [-0.25, -0.2) is 4.21 Å². The molecule has 0 aliphatic rings. The highest BCUT2D eigenvalue weighted by atomic mass is 127. The summed E-state index contributed by atoms with van der Waals surface area (Å²) >= 11 is 8.74. The van der Waals surface area contributed by atoms with E-state index in [-0.39, 0.29) is 0 Å². The van der Waals surface area contributed by atoms with Crippen molar-refractivity contribution in [3.8, 4) is 11.1 Å². The van der Waals surface area contributed by atoms with Gasteiger partial charge in [0.05, 0.1) is 15.7 Å². The first-order chi connectivity index (χ1) is 11.1. The molecule has 116 valence electrons. The minimum absolute atomic E-state index is 0.618. The van der Waals surface area contributed by atoms with Gasteiger partial charge < -0.3 is 0 Å². The molecule has 1 atom stereocenters. The van der Waals surface area contributed by atoms with Crippen LogP contribution in [0.15, 0.2) is 76.5 Å². The summed E-state index contributed by atoms with van der Waals surface area (Å²) in [5.41, 5.74) is 3.00. The first kappa shape index (κ1) is 16.7. The second-order valence-corrected chi connectivity index (χ2v) is 8.19. The smallest absolute Gasteiger partial charge is 0.0856 e. The van der Waals surface area contributed by atoms with Crippen molar-refractivity contribution in [2.45, 2.75) is 16.7 Å². The highest BCUT2D eigenvalue weighted by molar-refractivity contribution is 14.1. The van der Waals surface area contributed by atoms with Crippen LogP contribution in [0.25, 0.3) is 11.1 Å². The largest absolute Gasteiger partial charge is 0.249 e. The van der Waals surface area contributed by atoms with Crippen molar-refractivity contribution >= 4 is 45.0 Å². The van der Waals surface area contributed by atoms with Gasteiger partial charge in [-0.15, -0.1) is 0 Å². The van der Waals surface area contributed by atoms with E-state index in [9.17, 15) is 4.21 Å². The number of rotatable bonds is 3. The summed E-state index contributed by atoms with van der Waals surface area (Å²) in [5.74, 6) is 0. The molecular formula is C19H14ClIOS. The Labute approximate surface area is 157 Å². The molecule has 0 fully saturated rings. The van der Waals surface area contributed by atoms with Gasteiger partial charge >= 0.3 is 0 Å². The lowest BCUT2D eigenvalue weighted by Gasteiger charge is -2.13. The van der Waals surface area contributed by atoms with Crippen LogP contribution in [0.3, 0.4) is 0 Å². The average Bonchev–Trinajstić information content (AvgIpc) is 2.56. The molecule has 0 aliphatic heterocycles. The third-order valence-corrected chi connectivity index (χ3v) is 6.25. The molecule has 1 nitrogen and oxygen atoms in total. The van der Waals surface area contributed by atoms with Crippen LogP contribution in [-0.2, 0) is 10.8 Å². The van der Waals surface area contributed by atoms with Gasteiger partial charge in [0, 0.05) is 19.1 Å². The SMILES string of the molecule is Cc1ccc([S@](=O)c2cccc(Cl)c2-c2ccccc2I)cc1. The fourth-order valence-corrected chi connectivity index (χ4v) is 4.61. The summed E-state index contributed by atoms with van der Waals surface area (Å²) in [6.45, 7) is 2.02. The summed E-state index contributed by atoms with van der Waals surface area (Å²) in [4.78, 5) is 1.52. The number of benzene rings is 3. The second-order valence-electron chi connectivity index (χ2n) is 5.17. The number of halogens is 2. The third-order valence-electron chi connectivity index (χ3n) is 3.55. The molecule has 0 heterocycles. The molecule has 0 saturated heterocycles. The van der Waals surface area contributed by atoms with E-state index in [0.29, 0.717) is 5.02 Å². The number of hydrogen-bond donors (Lipinski definition) is 0. The summed E-state index contributed by atoms with van der Waals surface area (Å²) in [6, 6.07) is 21.3. The normalized spacial score (nSPS) is 12.1. The lowest BCUT2D eigenvalue weighted by atomic mass is 10.1. The molecule has 0 radical (unpaired) electrons. The maximum absolute atomic E-state index is 13.1. The van der Waals surface area contributed by atoms with Crippen LogP contribution < -0.4 is 0 Å². The quantitative estimate of drug-likeness (QED) is 0.440. The standard InChI is InChI=1S/C19H14ClIOS/c1-13-9-11-14(12-10-13)23(22)18-8-4-6-16(20)19(18)15-5-2-3-7-17(15)21/h2-12H,1H3/t23-/m0/s1. The Morgan fingerprint density at radius 2 is 1.61 bits per heavy atom. The zero-order chi connectivity index (χ0) is 16.4. The van der Waals surface area contributed by atoms with Crippen LogP contribution in [0.2, 0.25) is 5.02 Å². The molecule has 0 spiro atoms. The van der Waals surface area contributed by atoms with Crippen LogP contribution in [0, 0.1) is 10.5 Å². The Morgan fingerprint density at radius 3 is 2.30 bits per heavy atom. The average molecular weight is 453 g/mol. The predicted molar refractivity (Wildman–Crippen MR) is 105 cm³/mol. The Hall–Kier alpha value is -1.17. The van der Waals surface area contributed by atoms with Crippen molar-refractivity contribution in [3.63, 3.8) is 0 Å². The monoisotopic (exact) mass is 452 g/mol. The van der Waals surface area contributed by atoms with Crippen LogP contribution in [0.4, 0.5) is 0 Å². The maximum Gasteiger partial charge on any atom is 0.0856 e. The molecular weight excluding hydrogens is 439 g/mol. The van der Waals surface area contributed by atoms with Crippen molar-refractivity contribution in [1.29, 1.82) is 0 Å². The molecule has 3 rings (SSSR count). The topological polar surface area (TPSA) is 17.1 Å². The highest BCUT2D eigenvalue weighted by Crippen LogP contribution is 2.37. The summed E-state index contributed by atoms with van der Waals surface area (Å²) in [5, 5.41) is 0.618. The van der Waals surface area contributed by atoms with E-state index in [0.717, 1.165) is 30.1 Å². The van der Waals surface area contributed by atoms with Gasteiger partial charge in [0.25, 0.3) is 0 Å². The van der Waals surface area contributed by atoms with E-state index < -0.39 is 10.8 Å². The predicted octanol–water partition coefficient (Wildman–Crippen LogP) is 6.09. The molecule has 0 bridgehead atoms. The summed E-state index contributed by atoms with van der Waals surface area (Å²) in [7, 11) is -1.27. The Morgan fingerprint density at radius 1 is 0.913 bits per heavy atom. The lowest BCUT2D eigenvalue weighted by molar-refractivity contribution is 0.683. The van der Waals surface area contributed by atoms with Crippen molar-refractivity contribution in [2.75, 3.05) is 0 Å². The van der Waals surface area contributed by atoms with Gasteiger partial charge in [-0.1, -0.05) is 53.6 Å². The Kier molecular flexibility index (Phi) is 5.19. The van der Waals surface area contributed by atoms with Crippen LogP contribution in [0.5, 0.6) is 0 Å². The van der Waals surface area contributed by atoms with E-state index in [1.54, 1.807) is 0 Å². The van der Waals surface area contributed by atoms with Crippen molar-refractivity contribution in [3.05, 3.63) is 80.9 Å². The maximum atomic E-state index is 13.1. The fourth-order valence-electron chi connectivity index (χ4n) is 2.37. The van der Waals surface area contributed by atoms with Crippen LogP contribution in [0.1, 0.15) is 5.56 Å². The number of aryl methyl sites for hydroxylation is 1. The summed E-state index contributed by atoms with van der Waals surface area (Å²) in [6.07, 6.45) is 0. The third kappa shape index (κ3) is 3.52. The molecule has 0 aromatic heterocycles. The number of hydrogen-bond acceptors (Lipinski definition) is 1. The first-order valence-corrected chi connectivity index (χ1v) is 9.70. The molecule has 0 aliphatic carbocycles. The molecule has 3 aromatic carbocycles. The Bertz CT molecular complexity index is 875. The zero-order valence-corrected chi connectivity index (χ0v) is 16.2. The minimum Gasteiger partial charge on any atom is -0.249 e. The zero-order valence-electron chi connectivity index (χ0n) is 12.4. The fraction of sp³-hybridized carbons (Fsp3) is 0.0526. The van der Waals surface area contributed by atoms with Crippen LogP contribution >= 0.6 is 34.2 Å². The van der Waals surface area contributed by atoms with Gasteiger partial charge in [-0.05, 0) is 65.4 Å². The van der Waals surface area contributed by atoms with Crippen molar-refractivity contribution in [1.82, 2.24) is 0 Å². The molecule has 0 amide bonds. The first-order valence-electron chi connectivity index (χ1n) is 7.10. The molecule has 0 saturated carbocycles. The van der Waals surface area contributed by atoms with Gasteiger partial charge in [-0.2, -0.15) is 0 Å². The molecule has 3 aromatic rings. The van der Waals surface area contributed by atoms with E-state index >= 15 is 0 Å².